The summed E-state index contributed by atoms with van der Waals surface area (Å²) >= 11 is 0. The summed E-state index contributed by atoms with van der Waals surface area (Å²) in [6.45, 7) is 4.49. The summed E-state index contributed by atoms with van der Waals surface area (Å²) in [5.41, 5.74) is 0.418. The van der Waals surface area contributed by atoms with Gasteiger partial charge in [-0.1, -0.05) is 18.9 Å². The topological polar surface area (TPSA) is 49.3 Å². The van der Waals surface area contributed by atoms with Crippen molar-refractivity contribution in [3.8, 4) is 0 Å². The van der Waals surface area contributed by atoms with E-state index in [1.54, 1.807) is 13.0 Å². The van der Waals surface area contributed by atoms with Crippen LogP contribution in [0.1, 0.15) is 39.5 Å². The number of hydrogen-bond acceptors (Lipinski definition) is 2. The largest absolute Gasteiger partial charge is 0.478 e. The molecule has 86 valence electrons. The average molecular weight is 211 g/mol. The summed E-state index contributed by atoms with van der Waals surface area (Å²) in [5.74, 6) is -0.0474. The monoisotopic (exact) mass is 211 g/mol. The first-order chi connectivity index (χ1) is 7.11. The first-order valence-electron chi connectivity index (χ1n) is 5.74. The molecule has 1 rings (SSSR count). The fraction of sp³-hybridized carbons (Fsp3) is 0.750. The Hall–Kier alpha value is -0.830. The van der Waals surface area contributed by atoms with Gasteiger partial charge in [-0.15, -0.1) is 0 Å². The third-order valence-electron chi connectivity index (χ3n) is 3.29. The minimum atomic E-state index is -0.828. The smallest absolute Gasteiger partial charge is 0.330 e. The standard InChI is InChI=1S/C12H21NO2/c1-9(12(14)15)7-8-13-10(2)11-5-3-4-6-11/h7,10-11,13H,3-6,8H2,1-2H3,(H,14,15)/b9-7-. The fourth-order valence-corrected chi connectivity index (χ4v) is 2.11. The fourth-order valence-electron chi connectivity index (χ4n) is 2.11. The van der Waals surface area contributed by atoms with Crippen LogP contribution in [0.2, 0.25) is 0 Å². The average Bonchev–Trinajstić information content (AvgIpc) is 2.70. The van der Waals surface area contributed by atoms with Crippen LogP contribution in [0.3, 0.4) is 0 Å². The third kappa shape index (κ3) is 4.04. The molecule has 1 saturated carbocycles. The Balaban J connectivity index is 2.24. The zero-order chi connectivity index (χ0) is 11.3. The Morgan fingerprint density at radius 2 is 2.13 bits per heavy atom. The SMILES string of the molecule is C/C(=C/CNC(C)C1CCCC1)C(=O)O. The highest BCUT2D eigenvalue weighted by atomic mass is 16.4. The van der Waals surface area contributed by atoms with E-state index in [0.717, 1.165) is 5.92 Å². The van der Waals surface area contributed by atoms with Gasteiger partial charge in [0.15, 0.2) is 0 Å². The van der Waals surface area contributed by atoms with Crippen molar-refractivity contribution in [2.45, 2.75) is 45.6 Å². The summed E-state index contributed by atoms with van der Waals surface area (Å²) in [6.07, 6.45) is 7.07. The summed E-state index contributed by atoms with van der Waals surface area (Å²) < 4.78 is 0. The first-order valence-corrected chi connectivity index (χ1v) is 5.74. The van der Waals surface area contributed by atoms with E-state index in [1.807, 2.05) is 0 Å². The molecule has 1 unspecified atom stereocenters. The lowest BCUT2D eigenvalue weighted by Crippen LogP contribution is -2.32. The van der Waals surface area contributed by atoms with E-state index >= 15 is 0 Å². The maximum absolute atomic E-state index is 10.5. The van der Waals surface area contributed by atoms with Crippen LogP contribution in [-0.4, -0.2) is 23.7 Å². The van der Waals surface area contributed by atoms with Gasteiger partial charge in [-0.05, 0) is 32.6 Å². The lowest BCUT2D eigenvalue weighted by atomic mass is 10.00. The van der Waals surface area contributed by atoms with Crippen LogP contribution in [-0.2, 0) is 4.79 Å². The van der Waals surface area contributed by atoms with Crippen molar-refractivity contribution in [1.82, 2.24) is 5.32 Å². The molecule has 0 saturated heterocycles. The Labute approximate surface area is 91.6 Å². The summed E-state index contributed by atoms with van der Waals surface area (Å²) in [6, 6.07) is 0.505. The molecule has 3 nitrogen and oxygen atoms in total. The second-order valence-electron chi connectivity index (χ2n) is 4.43. The van der Waals surface area contributed by atoms with Crippen molar-refractivity contribution in [2.75, 3.05) is 6.54 Å². The Morgan fingerprint density at radius 1 is 1.53 bits per heavy atom. The lowest BCUT2D eigenvalue weighted by molar-refractivity contribution is -0.132. The lowest BCUT2D eigenvalue weighted by Gasteiger charge is -2.19. The molecule has 2 N–H and O–H groups in total. The Bertz CT molecular complexity index is 242. The molecule has 1 aliphatic carbocycles. The molecular weight excluding hydrogens is 190 g/mol. The molecule has 0 aromatic heterocycles. The Kier molecular flexibility index (Phi) is 4.82. The van der Waals surface area contributed by atoms with Crippen molar-refractivity contribution in [2.24, 2.45) is 5.92 Å². The van der Waals surface area contributed by atoms with Gasteiger partial charge in [-0.25, -0.2) is 4.79 Å². The van der Waals surface area contributed by atoms with Crippen molar-refractivity contribution in [1.29, 1.82) is 0 Å². The van der Waals surface area contributed by atoms with Crippen LogP contribution < -0.4 is 5.32 Å². The first kappa shape index (κ1) is 12.2. The van der Waals surface area contributed by atoms with Gasteiger partial charge in [0, 0.05) is 18.2 Å². The molecule has 0 aliphatic heterocycles. The molecule has 0 heterocycles. The van der Waals surface area contributed by atoms with E-state index < -0.39 is 5.97 Å². The molecule has 1 aliphatic rings. The summed E-state index contributed by atoms with van der Waals surface area (Å²) in [4.78, 5) is 10.5. The van der Waals surface area contributed by atoms with E-state index in [0.29, 0.717) is 18.2 Å². The van der Waals surface area contributed by atoms with Gasteiger partial charge in [0.25, 0.3) is 0 Å². The number of carboxylic acid groups (broad SMARTS) is 1. The minimum absolute atomic E-state index is 0.418. The zero-order valence-corrected chi connectivity index (χ0v) is 9.62. The van der Waals surface area contributed by atoms with E-state index in [4.69, 9.17) is 5.11 Å². The molecule has 1 atom stereocenters. The molecule has 0 radical (unpaired) electrons. The van der Waals surface area contributed by atoms with E-state index in [1.165, 1.54) is 25.7 Å². The predicted molar refractivity (Wildman–Crippen MR) is 60.8 cm³/mol. The number of carboxylic acids is 1. The van der Waals surface area contributed by atoms with Crippen LogP contribution in [0.4, 0.5) is 0 Å². The highest BCUT2D eigenvalue weighted by Gasteiger charge is 2.20. The maximum atomic E-state index is 10.5. The molecule has 3 heteroatoms. The van der Waals surface area contributed by atoms with Gasteiger partial charge in [0.1, 0.15) is 0 Å². The number of rotatable bonds is 5. The van der Waals surface area contributed by atoms with Crippen LogP contribution in [0.5, 0.6) is 0 Å². The van der Waals surface area contributed by atoms with Crippen molar-refractivity contribution >= 4 is 5.97 Å². The molecule has 0 amide bonds. The van der Waals surface area contributed by atoms with Crippen molar-refractivity contribution < 1.29 is 9.90 Å². The summed E-state index contributed by atoms with van der Waals surface area (Å²) in [5, 5.41) is 12.0. The van der Waals surface area contributed by atoms with Crippen LogP contribution >= 0.6 is 0 Å². The molecule has 0 aromatic carbocycles. The van der Waals surface area contributed by atoms with Gasteiger partial charge in [0.2, 0.25) is 0 Å². The van der Waals surface area contributed by atoms with Gasteiger partial charge in [-0.2, -0.15) is 0 Å². The van der Waals surface area contributed by atoms with Gasteiger partial charge in [0.05, 0.1) is 0 Å². The minimum Gasteiger partial charge on any atom is -0.478 e. The van der Waals surface area contributed by atoms with E-state index in [2.05, 4.69) is 12.2 Å². The summed E-state index contributed by atoms with van der Waals surface area (Å²) in [7, 11) is 0. The second kappa shape index (κ2) is 5.91. The van der Waals surface area contributed by atoms with E-state index in [9.17, 15) is 4.79 Å². The number of aliphatic carboxylic acids is 1. The number of nitrogens with one attached hydrogen (secondary N) is 1. The molecular formula is C12H21NO2. The molecule has 0 bridgehead atoms. The zero-order valence-electron chi connectivity index (χ0n) is 9.62. The quantitative estimate of drug-likeness (QED) is 0.685. The van der Waals surface area contributed by atoms with Crippen LogP contribution in [0, 0.1) is 5.92 Å². The number of carbonyl (C=O) groups is 1. The normalized spacial score (nSPS) is 20.5. The predicted octanol–water partition coefficient (Wildman–Crippen LogP) is 2.19. The van der Waals surface area contributed by atoms with Crippen LogP contribution in [0.15, 0.2) is 11.6 Å². The molecule has 15 heavy (non-hydrogen) atoms. The third-order valence-corrected chi connectivity index (χ3v) is 3.29. The van der Waals surface area contributed by atoms with Crippen molar-refractivity contribution in [3.05, 3.63) is 11.6 Å². The Morgan fingerprint density at radius 3 is 2.67 bits per heavy atom. The molecule has 0 aromatic rings. The van der Waals surface area contributed by atoms with Crippen molar-refractivity contribution in [3.63, 3.8) is 0 Å². The van der Waals surface area contributed by atoms with Gasteiger partial charge >= 0.3 is 5.97 Å². The highest BCUT2D eigenvalue weighted by Crippen LogP contribution is 2.27. The van der Waals surface area contributed by atoms with E-state index in [-0.39, 0.29) is 0 Å². The molecule has 1 fully saturated rings. The molecule has 0 spiro atoms. The number of hydrogen-bond donors (Lipinski definition) is 2. The van der Waals surface area contributed by atoms with Gasteiger partial charge in [-0.3, -0.25) is 0 Å². The maximum Gasteiger partial charge on any atom is 0.330 e. The second-order valence-corrected chi connectivity index (χ2v) is 4.43. The highest BCUT2D eigenvalue weighted by molar-refractivity contribution is 5.85. The van der Waals surface area contributed by atoms with Crippen LogP contribution in [0.25, 0.3) is 0 Å². The van der Waals surface area contributed by atoms with Gasteiger partial charge < -0.3 is 10.4 Å².